The number of hydrogen-bond donors (Lipinski definition) is 0. The standard InChI is InChI=1S/C7H11N3O2/c1-4-7-5(2)8-9-10(7)12-6(3)11/h4H2,1-3H3. The zero-order chi connectivity index (χ0) is 9.14. The predicted octanol–water partition coefficient (Wildman–Crippen LogP) is 0.124. The van der Waals surface area contributed by atoms with Gasteiger partial charge in [-0.1, -0.05) is 11.8 Å². The normalized spacial score (nSPS) is 9.92. The van der Waals surface area contributed by atoms with Crippen molar-refractivity contribution in [3.05, 3.63) is 11.4 Å². The molecule has 12 heavy (non-hydrogen) atoms. The Morgan fingerprint density at radius 1 is 1.67 bits per heavy atom. The van der Waals surface area contributed by atoms with E-state index in [0.717, 1.165) is 22.7 Å². The number of nitrogens with zero attached hydrogens (tertiary/aromatic N) is 3. The van der Waals surface area contributed by atoms with E-state index in [9.17, 15) is 4.79 Å². The number of aryl methyl sites for hydroxylation is 1. The molecule has 0 bridgehead atoms. The first-order chi connectivity index (χ1) is 5.65. The molecule has 1 heterocycles. The lowest BCUT2D eigenvalue weighted by Crippen LogP contribution is -2.20. The third-order valence-corrected chi connectivity index (χ3v) is 1.47. The Morgan fingerprint density at radius 2 is 2.33 bits per heavy atom. The lowest BCUT2D eigenvalue weighted by Gasteiger charge is -2.01. The van der Waals surface area contributed by atoms with Crippen LogP contribution in [0.1, 0.15) is 25.2 Å². The van der Waals surface area contributed by atoms with Crippen LogP contribution in [-0.4, -0.2) is 21.1 Å². The zero-order valence-corrected chi connectivity index (χ0v) is 7.37. The van der Waals surface area contributed by atoms with Gasteiger partial charge in [-0.2, -0.15) is 0 Å². The van der Waals surface area contributed by atoms with Crippen molar-refractivity contribution in [3.8, 4) is 0 Å². The van der Waals surface area contributed by atoms with Crippen molar-refractivity contribution in [2.24, 2.45) is 0 Å². The Balaban J connectivity index is 2.91. The molecule has 66 valence electrons. The van der Waals surface area contributed by atoms with Gasteiger partial charge in [-0.15, -0.1) is 5.10 Å². The van der Waals surface area contributed by atoms with E-state index in [0.29, 0.717) is 0 Å². The minimum absolute atomic E-state index is 0.394. The largest absolute Gasteiger partial charge is 0.332 e. The second-order valence-corrected chi connectivity index (χ2v) is 2.43. The maximum absolute atomic E-state index is 10.6. The number of carbonyl (C=O) groups excluding carboxylic acids is 1. The highest BCUT2D eigenvalue weighted by molar-refractivity contribution is 5.66. The molecule has 0 aliphatic carbocycles. The molecule has 5 nitrogen and oxygen atoms in total. The number of aromatic nitrogens is 3. The van der Waals surface area contributed by atoms with Crippen molar-refractivity contribution in [1.29, 1.82) is 0 Å². The summed E-state index contributed by atoms with van der Waals surface area (Å²) in [5.41, 5.74) is 1.61. The van der Waals surface area contributed by atoms with Crippen LogP contribution >= 0.6 is 0 Å². The summed E-state index contributed by atoms with van der Waals surface area (Å²) >= 11 is 0. The van der Waals surface area contributed by atoms with E-state index >= 15 is 0 Å². The number of rotatable bonds is 2. The molecule has 0 aromatic carbocycles. The summed E-state index contributed by atoms with van der Waals surface area (Å²) < 4.78 is 0. The monoisotopic (exact) mass is 169 g/mol. The molecule has 1 rings (SSSR count). The maximum atomic E-state index is 10.6. The van der Waals surface area contributed by atoms with Crippen LogP contribution in [0, 0.1) is 6.92 Å². The van der Waals surface area contributed by atoms with Crippen molar-refractivity contribution >= 4 is 5.97 Å². The van der Waals surface area contributed by atoms with Gasteiger partial charge in [0.15, 0.2) is 0 Å². The summed E-state index contributed by atoms with van der Waals surface area (Å²) in [4.78, 5) is 16.5. The Kier molecular flexibility index (Phi) is 2.42. The second-order valence-electron chi connectivity index (χ2n) is 2.43. The molecule has 0 aliphatic rings. The van der Waals surface area contributed by atoms with E-state index in [2.05, 4.69) is 10.3 Å². The number of hydrogen-bond acceptors (Lipinski definition) is 4. The molecule has 1 aromatic heterocycles. The van der Waals surface area contributed by atoms with E-state index in [1.165, 1.54) is 6.92 Å². The van der Waals surface area contributed by atoms with Gasteiger partial charge in [-0.25, -0.2) is 4.79 Å². The Bertz CT molecular complexity index is 293. The van der Waals surface area contributed by atoms with Crippen LogP contribution < -0.4 is 4.84 Å². The summed E-state index contributed by atoms with van der Waals surface area (Å²) in [6.45, 7) is 5.11. The summed E-state index contributed by atoms with van der Waals surface area (Å²) in [6.07, 6.45) is 0.742. The average molecular weight is 169 g/mol. The van der Waals surface area contributed by atoms with Crippen LogP contribution in [0.5, 0.6) is 0 Å². The molecular formula is C7H11N3O2. The van der Waals surface area contributed by atoms with Crippen molar-refractivity contribution in [2.75, 3.05) is 0 Å². The lowest BCUT2D eigenvalue weighted by atomic mass is 10.3. The quantitative estimate of drug-likeness (QED) is 0.590. The molecule has 5 heteroatoms. The minimum atomic E-state index is -0.394. The summed E-state index contributed by atoms with van der Waals surface area (Å²) in [6, 6.07) is 0. The SMILES string of the molecule is CCc1c(C)nnn1OC(C)=O. The molecule has 0 saturated carbocycles. The molecule has 0 aliphatic heterocycles. The van der Waals surface area contributed by atoms with Crippen LogP contribution in [0.2, 0.25) is 0 Å². The highest BCUT2D eigenvalue weighted by Gasteiger charge is 2.08. The van der Waals surface area contributed by atoms with E-state index < -0.39 is 5.97 Å². The van der Waals surface area contributed by atoms with Gasteiger partial charge < -0.3 is 4.84 Å². The van der Waals surface area contributed by atoms with Gasteiger partial charge in [0.1, 0.15) is 5.69 Å². The summed E-state index contributed by atoms with van der Waals surface area (Å²) in [5, 5.41) is 7.43. The molecule has 1 aromatic rings. The van der Waals surface area contributed by atoms with Crippen LogP contribution in [0.25, 0.3) is 0 Å². The first-order valence-electron chi connectivity index (χ1n) is 3.75. The molecule has 0 amide bonds. The second kappa shape index (κ2) is 3.34. The zero-order valence-electron chi connectivity index (χ0n) is 7.37. The van der Waals surface area contributed by atoms with Crippen LogP contribution in [-0.2, 0) is 11.2 Å². The molecule has 0 radical (unpaired) electrons. The Hall–Kier alpha value is -1.39. The Morgan fingerprint density at radius 3 is 2.83 bits per heavy atom. The lowest BCUT2D eigenvalue weighted by molar-refractivity contribution is -0.143. The van der Waals surface area contributed by atoms with E-state index in [1.807, 2.05) is 13.8 Å². The van der Waals surface area contributed by atoms with Gasteiger partial charge in [0.05, 0.1) is 5.69 Å². The minimum Gasteiger partial charge on any atom is -0.318 e. The van der Waals surface area contributed by atoms with Crippen LogP contribution in [0.4, 0.5) is 0 Å². The van der Waals surface area contributed by atoms with Gasteiger partial charge >= 0.3 is 5.97 Å². The van der Waals surface area contributed by atoms with E-state index in [1.54, 1.807) is 0 Å². The average Bonchev–Trinajstić information content (AvgIpc) is 2.30. The molecule has 0 spiro atoms. The molecule has 0 fully saturated rings. The summed E-state index contributed by atoms with van der Waals surface area (Å²) in [7, 11) is 0. The highest BCUT2D eigenvalue weighted by atomic mass is 16.7. The fourth-order valence-corrected chi connectivity index (χ4v) is 0.944. The van der Waals surface area contributed by atoms with Crippen LogP contribution in [0.15, 0.2) is 0 Å². The van der Waals surface area contributed by atoms with Gasteiger partial charge in [0.2, 0.25) is 0 Å². The van der Waals surface area contributed by atoms with Crippen molar-refractivity contribution in [1.82, 2.24) is 15.2 Å². The first-order valence-corrected chi connectivity index (χ1v) is 3.75. The maximum Gasteiger partial charge on any atom is 0.332 e. The fraction of sp³-hybridized carbons (Fsp3) is 0.571. The molecule has 0 N–H and O–H groups in total. The van der Waals surface area contributed by atoms with Gasteiger partial charge in [-0.3, -0.25) is 0 Å². The molecule has 0 saturated heterocycles. The fourth-order valence-electron chi connectivity index (χ4n) is 0.944. The van der Waals surface area contributed by atoms with Crippen molar-refractivity contribution in [3.63, 3.8) is 0 Å². The molecular weight excluding hydrogens is 158 g/mol. The topological polar surface area (TPSA) is 57.0 Å². The van der Waals surface area contributed by atoms with Crippen molar-refractivity contribution in [2.45, 2.75) is 27.2 Å². The van der Waals surface area contributed by atoms with Gasteiger partial charge in [0, 0.05) is 6.92 Å². The molecule has 0 atom stereocenters. The third-order valence-electron chi connectivity index (χ3n) is 1.47. The predicted molar refractivity (Wildman–Crippen MR) is 41.4 cm³/mol. The molecule has 0 unspecified atom stereocenters. The highest BCUT2D eigenvalue weighted by Crippen LogP contribution is 2.02. The van der Waals surface area contributed by atoms with Gasteiger partial charge in [-0.05, 0) is 18.6 Å². The van der Waals surface area contributed by atoms with E-state index in [-0.39, 0.29) is 0 Å². The summed E-state index contributed by atoms with van der Waals surface area (Å²) in [5.74, 6) is -0.394. The van der Waals surface area contributed by atoms with Crippen molar-refractivity contribution < 1.29 is 9.63 Å². The third kappa shape index (κ3) is 1.61. The Labute approximate surface area is 70.3 Å². The van der Waals surface area contributed by atoms with Crippen LogP contribution in [0.3, 0.4) is 0 Å². The van der Waals surface area contributed by atoms with Gasteiger partial charge in [0.25, 0.3) is 0 Å². The number of carbonyl (C=O) groups is 1. The van der Waals surface area contributed by atoms with E-state index in [4.69, 9.17) is 4.84 Å². The smallest absolute Gasteiger partial charge is 0.318 e. The first kappa shape index (κ1) is 8.70.